The van der Waals surface area contributed by atoms with Gasteiger partial charge in [-0.3, -0.25) is 4.79 Å². The monoisotopic (exact) mass is 331 g/mol. The van der Waals surface area contributed by atoms with E-state index in [4.69, 9.17) is 21.1 Å². The van der Waals surface area contributed by atoms with Gasteiger partial charge in [-0.15, -0.1) is 0 Å². The molecule has 2 aromatic carbocycles. The molecule has 2 aromatic rings. The van der Waals surface area contributed by atoms with Crippen LogP contribution < -0.4 is 14.8 Å². The van der Waals surface area contributed by atoms with E-state index in [1.54, 1.807) is 12.1 Å². The molecule has 0 unspecified atom stereocenters. The maximum atomic E-state index is 12.0. The van der Waals surface area contributed by atoms with Crippen LogP contribution in [0.2, 0.25) is 5.02 Å². The Labute approximate surface area is 140 Å². The number of carbonyl (C=O) groups excluding carboxylic acids is 1. The average molecular weight is 332 g/mol. The van der Waals surface area contributed by atoms with E-state index in [1.807, 2.05) is 30.3 Å². The van der Waals surface area contributed by atoms with Gasteiger partial charge in [0, 0.05) is 23.6 Å². The predicted molar refractivity (Wildman–Crippen MR) is 90.5 cm³/mol. The molecule has 0 bridgehead atoms. The Morgan fingerprint density at radius 1 is 1.09 bits per heavy atom. The van der Waals surface area contributed by atoms with Gasteiger partial charge in [-0.05, 0) is 42.3 Å². The van der Waals surface area contributed by atoms with Crippen molar-refractivity contribution in [1.29, 1.82) is 0 Å². The van der Waals surface area contributed by atoms with Gasteiger partial charge < -0.3 is 14.8 Å². The van der Waals surface area contributed by atoms with Crippen LogP contribution in [0.4, 0.5) is 5.69 Å². The smallest absolute Gasteiger partial charge is 0.224 e. The van der Waals surface area contributed by atoms with Crippen molar-refractivity contribution < 1.29 is 14.3 Å². The van der Waals surface area contributed by atoms with Gasteiger partial charge in [-0.1, -0.05) is 23.7 Å². The summed E-state index contributed by atoms with van der Waals surface area (Å²) in [4.78, 5) is 12.0. The molecular weight excluding hydrogens is 314 g/mol. The molecule has 1 heterocycles. The summed E-state index contributed by atoms with van der Waals surface area (Å²) in [5.74, 6) is 1.49. The van der Waals surface area contributed by atoms with Crippen molar-refractivity contribution in [1.82, 2.24) is 0 Å². The van der Waals surface area contributed by atoms with Gasteiger partial charge in [0.05, 0.1) is 13.2 Å². The molecule has 0 saturated carbocycles. The standard InChI is InChI=1S/C18H18ClNO3/c19-14-3-1-4-15(12-14)20-18(21)8-6-13-5-7-16-17(11-13)23-10-2-9-22-16/h1,3-5,7,11-12H,2,6,8-10H2,(H,20,21). The van der Waals surface area contributed by atoms with Crippen molar-refractivity contribution >= 4 is 23.2 Å². The predicted octanol–water partition coefficient (Wildman–Crippen LogP) is 4.07. The van der Waals surface area contributed by atoms with Gasteiger partial charge >= 0.3 is 0 Å². The molecule has 5 heteroatoms. The molecule has 0 radical (unpaired) electrons. The number of carbonyl (C=O) groups is 1. The fourth-order valence-electron chi connectivity index (χ4n) is 2.41. The Balaban J connectivity index is 1.57. The van der Waals surface area contributed by atoms with Gasteiger partial charge in [0.15, 0.2) is 11.5 Å². The van der Waals surface area contributed by atoms with E-state index in [1.165, 1.54) is 0 Å². The minimum atomic E-state index is -0.0422. The second-order valence-corrected chi connectivity index (χ2v) is 5.83. The number of fused-ring (bicyclic) bond motifs is 1. The van der Waals surface area contributed by atoms with E-state index in [0.717, 1.165) is 23.5 Å². The Bertz CT molecular complexity index is 702. The van der Waals surface area contributed by atoms with Gasteiger partial charge in [-0.2, -0.15) is 0 Å². The quantitative estimate of drug-likeness (QED) is 0.918. The summed E-state index contributed by atoms with van der Waals surface area (Å²) in [6.07, 6.45) is 1.92. The molecule has 3 rings (SSSR count). The highest BCUT2D eigenvalue weighted by atomic mass is 35.5. The third-order valence-corrected chi connectivity index (χ3v) is 3.80. The first-order chi connectivity index (χ1) is 11.2. The lowest BCUT2D eigenvalue weighted by Gasteiger charge is -2.09. The van der Waals surface area contributed by atoms with Gasteiger partial charge in [0.2, 0.25) is 5.91 Å². The first-order valence-corrected chi connectivity index (χ1v) is 8.02. The molecule has 23 heavy (non-hydrogen) atoms. The molecule has 1 amide bonds. The highest BCUT2D eigenvalue weighted by molar-refractivity contribution is 6.30. The summed E-state index contributed by atoms with van der Waals surface area (Å²) < 4.78 is 11.3. The topological polar surface area (TPSA) is 47.6 Å². The average Bonchev–Trinajstić information content (AvgIpc) is 2.77. The summed E-state index contributed by atoms with van der Waals surface area (Å²) in [5.41, 5.74) is 1.76. The lowest BCUT2D eigenvalue weighted by Crippen LogP contribution is -2.12. The lowest BCUT2D eigenvalue weighted by molar-refractivity contribution is -0.116. The Morgan fingerprint density at radius 3 is 2.74 bits per heavy atom. The third kappa shape index (κ3) is 4.39. The van der Waals surface area contributed by atoms with Crippen LogP contribution in [-0.4, -0.2) is 19.1 Å². The van der Waals surface area contributed by atoms with Crippen LogP contribution in [0.5, 0.6) is 11.5 Å². The number of benzene rings is 2. The number of halogens is 1. The maximum Gasteiger partial charge on any atom is 0.224 e. The summed E-state index contributed by atoms with van der Waals surface area (Å²) in [5, 5.41) is 3.45. The van der Waals surface area contributed by atoms with Crippen molar-refractivity contribution in [3.63, 3.8) is 0 Å². The van der Waals surface area contributed by atoms with E-state index in [0.29, 0.717) is 36.8 Å². The SMILES string of the molecule is O=C(CCc1ccc2c(c1)OCCCO2)Nc1cccc(Cl)c1. The molecule has 0 saturated heterocycles. The molecule has 1 aliphatic rings. The summed E-state index contributed by atoms with van der Waals surface area (Å²) in [7, 11) is 0. The fraction of sp³-hybridized carbons (Fsp3) is 0.278. The van der Waals surface area contributed by atoms with E-state index < -0.39 is 0 Å². The molecule has 0 aliphatic carbocycles. The zero-order valence-electron chi connectivity index (χ0n) is 12.7. The molecule has 1 aliphatic heterocycles. The van der Waals surface area contributed by atoms with Gasteiger partial charge in [0.1, 0.15) is 0 Å². The molecule has 120 valence electrons. The third-order valence-electron chi connectivity index (χ3n) is 3.56. The zero-order valence-corrected chi connectivity index (χ0v) is 13.4. The minimum Gasteiger partial charge on any atom is -0.490 e. The Kier molecular flexibility index (Phi) is 5.03. The molecular formula is C18H18ClNO3. The first kappa shape index (κ1) is 15.7. The number of amides is 1. The highest BCUT2D eigenvalue weighted by Crippen LogP contribution is 2.30. The van der Waals surface area contributed by atoms with E-state index in [9.17, 15) is 4.79 Å². The van der Waals surface area contributed by atoms with Gasteiger partial charge in [0.25, 0.3) is 0 Å². The fourth-order valence-corrected chi connectivity index (χ4v) is 2.60. The second-order valence-electron chi connectivity index (χ2n) is 5.39. The highest BCUT2D eigenvalue weighted by Gasteiger charge is 2.11. The van der Waals surface area contributed by atoms with Crippen molar-refractivity contribution in [2.24, 2.45) is 0 Å². The van der Waals surface area contributed by atoms with Crippen molar-refractivity contribution in [2.45, 2.75) is 19.3 Å². The minimum absolute atomic E-state index is 0.0422. The number of ether oxygens (including phenoxy) is 2. The van der Waals surface area contributed by atoms with Crippen LogP contribution in [0, 0.1) is 0 Å². The lowest BCUT2D eigenvalue weighted by atomic mass is 10.1. The number of anilines is 1. The summed E-state index contributed by atoms with van der Waals surface area (Å²) in [6, 6.07) is 13.0. The number of hydrogen-bond acceptors (Lipinski definition) is 3. The normalized spacial score (nSPS) is 13.3. The maximum absolute atomic E-state index is 12.0. The van der Waals surface area contributed by atoms with Crippen molar-refractivity contribution in [3.05, 3.63) is 53.1 Å². The molecule has 0 spiro atoms. The Hall–Kier alpha value is -2.20. The van der Waals surface area contributed by atoms with Crippen LogP contribution in [0.3, 0.4) is 0 Å². The van der Waals surface area contributed by atoms with Crippen LogP contribution in [0.1, 0.15) is 18.4 Å². The van der Waals surface area contributed by atoms with Crippen LogP contribution in [0.15, 0.2) is 42.5 Å². The molecule has 4 nitrogen and oxygen atoms in total. The van der Waals surface area contributed by atoms with Crippen LogP contribution >= 0.6 is 11.6 Å². The van der Waals surface area contributed by atoms with Crippen LogP contribution in [-0.2, 0) is 11.2 Å². The molecule has 1 N–H and O–H groups in total. The van der Waals surface area contributed by atoms with Gasteiger partial charge in [-0.25, -0.2) is 0 Å². The number of hydrogen-bond donors (Lipinski definition) is 1. The van der Waals surface area contributed by atoms with E-state index in [-0.39, 0.29) is 5.91 Å². The largest absolute Gasteiger partial charge is 0.490 e. The number of aryl methyl sites for hydroxylation is 1. The molecule has 0 atom stereocenters. The van der Waals surface area contributed by atoms with E-state index >= 15 is 0 Å². The molecule has 0 aromatic heterocycles. The molecule has 0 fully saturated rings. The van der Waals surface area contributed by atoms with Crippen molar-refractivity contribution in [3.8, 4) is 11.5 Å². The number of nitrogens with one attached hydrogen (secondary N) is 1. The summed E-state index contributed by atoms with van der Waals surface area (Å²) >= 11 is 5.90. The number of rotatable bonds is 4. The summed E-state index contributed by atoms with van der Waals surface area (Å²) in [6.45, 7) is 1.33. The van der Waals surface area contributed by atoms with Crippen molar-refractivity contribution in [2.75, 3.05) is 18.5 Å². The zero-order chi connectivity index (χ0) is 16.1. The first-order valence-electron chi connectivity index (χ1n) is 7.65. The Morgan fingerprint density at radius 2 is 1.91 bits per heavy atom. The van der Waals surface area contributed by atoms with E-state index in [2.05, 4.69) is 5.32 Å². The van der Waals surface area contributed by atoms with Crippen LogP contribution in [0.25, 0.3) is 0 Å². The second kappa shape index (κ2) is 7.38.